The number of furan rings is 1. The molecule has 0 amide bonds. The van der Waals surface area contributed by atoms with E-state index in [0.29, 0.717) is 11.6 Å². The summed E-state index contributed by atoms with van der Waals surface area (Å²) in [5, 5.41) is 4.50. The highest BCUT2D eigenvalue weighted by Gasteiger charge is 2.17. The second-order valence-corrected chi connectivity index (χ2v) is 8.94. The standard InChI is InChI=1S/C31H18ClN3O/c32-31-34-29(19-9-2-1-3-10-19)33-30(35-31)26-18-17-22(20-11-4-5-12-21(20)26)24-14-8-15-25-23-13-6-7-16-27(23)36-28(24)25/h1-18H. The maximum absolute atomic E-state index is 6.36. The SMILES string of the molecule is Clc1nc(-c2ccccc2)nc(-c2ccc(-c3cccc4c3oc3ccccc34)c3ccccc23)n1. The van der Waals surface area contributed by atoms with E-state index in [4.69, 9.17) is 21.0 Å². The van der Waals surface area contributed by atoms with E-state index in [0.717, 1.165) is 55.0 Å². The predicted octanol–water partition coefficient (Wildman–Crippen LogP) is 8.58. The lowest BCUT2D eigenvalue weighted by Crippen LogP contribution is -1.98. The Bertz CT molecular complexity index is 1910. The third-order valence-electron chi connectivity index (χ3n) is 6.50. The smallest absolute Gasteiger partial charge is 0.226 e. The average molecular weight is 484 g/mol. The average Bonchev–Trinajstić information content (AvgIpc) is 3.32. The van der Waals surface area contributed by atoms with Crippen molar-refractivity contribution in [1.82, 2.24) is 15.0 Å². The van der Waals surface area contributed by atoms with Crippen molar-refractivity contribution in [3.05, 3.63) is 114 Å². The van der Waals surface area contributed by atoms with Crippen LogP contribution in [-0.4, -0.2) is 15.0 Å². The lowest BCUT2D eigenvalue weighted by Gasteiger charge is -2.12. The van der Waals surface area contributed by atoms with Gasteiger partial charge in [-0.15, -0.1) is 0 Å². The summed E-state index contributed by atoms with van der Waals surface area (Å²) in [4.78, 5) is 13.6. The van der Waals surface area contributed by atoms with Crippen LogP contribution < -0.4 is 0 Å². The van der Waals surface area contributed by atoms with Crippen LogP contribution in [0.3, 0.4) is 0 Å². The highest BCUT2D eigenvalue weighted by molar-refractivity contribution is 6.28. The third kappa shape index (κ3) is 3.35. The summed E-state index contributed by atoms with van der Waals surface area (Å²) >= 11 is 6.36. The summed E-state index contributed by atoms with van der Waals surface area (Å²) in [6.07, 6.45) is 0. The summed E-state index contributed by atoms with van der Waals surface area (Å²) in [5.74, 6) is 1.09. The van der Waals surface area contributed by atoms with E-state index < -0.39 is 0 Å². The van der Waals surface area contributed by atoms with Crippen LogP contribution in [0.1, 0.15) is 0 Å². The van der Waals surface area contributed by atoms with Crippen molar-refractivity contribution in [1.29, 1.82) is 0 Å². The highest BCUT2D eigenvalue weighted by Crippen LogP contribution is 2.40. The Morgan fingerprint density at radius 3 is 1.94 bits per heavy atom. The number of hydrogen-bond acceptors (Lipinski definition) is 4. The molecule has 0 aliphatic carbocycles. The first-order valence-electron chi connectivity index (χ1n) is 11.7. The Morgan fingerprint density at radius 2 is 1.11 bits per heavy atom. The van der Waals surface area contributed by atoms with Crippen molar-refractivity contribution in [2.45, 2.75) is 0 Å². The maximum atomic E-state index is 6.36. The molecule has 0 fully saturated rings. The van der Waals surface area contributed by atoms with Gasteiger partial charge in [0.1, 0.15) is 11.2 Å². The van der Waals surface area contributed by atoms with Crippen molar-refractivity contribution in [2.24, 2.45) is 0 Å². The van der Waals surface area contributed by atoms with Crippen LogP contribution in [-0.2, 0) is 0 Å². The van der Waals surface area contributed by atoms with Gasteiger partial charge in [0.15, 0.2) is 11.6 Å². The fourth-order valence-corrected chi connectivity index (χ4v) is 5.04. The summed E-state index contributed by atoms with van der Waals surface area (Å²) in [7, 11) is 0. The van der Waals surface area contributed by atoms with Crippen LogP contribution in [0.2, 0.25) is 5.28 Å². The van der Waals surface area contributed by atoms with Crippen LogP contribution in [0.4, 0.5) is 0 Å². The molecular weight excluding hydrogens is 466 g/mol. The fourth-order valence-electron chi connectivity index (χ4n) is 4.88. The number of rotatable bonds is 3. The molecule has 5 aromatic carbocycles. The number of hydrogen-bond donors (Lipinski definition) is 0. The highest BCUT2D eigenvalue weighted by atomic mass is 35.5. The second kappa shape index (κ2) is 8.29. The first-order chi connectivity index (χ1) is 17.8. The minimum atomic E-state index is 0.166. The summed E-state index contributed by atoms with van der Waals surface area (Å²) in [6, 6.07) is 36.7. The third-order valence-corrected chi connectivity index (χ3v) is 6.67. The molecule has 0 unspecified atom stereocenters. The molecule has 4 nitrogen and oxygen atoms in total. The summed E-state index contributed by atoms with van der Waals surface area (Å²) in [5.41, 5.74) is 5.68. The van der Waals surface area contributed by atoms with Gasteiger partial charge in [0.2, 0.25) is 5.28 Å². The Kier molecular flexibility index (Phi) is 4.79. The van der Waals surface area contributed by atoms with Crippen LogP contribution in [0.5, 0.6) is 0 Å². The zero-order valence-corrected chi connectivity index (χ0v) is 19.8. The van der Waals surface area contributed by atoms with Gasteiger partial charge in [0.25, 0.3) is 0 Å². The van der Waals surface area contributed by atoms with Gasteiger partial charge in [-0.2, -0.15) is 9.97 Å². The van der Waals surface area contributed by atoms with Gasteiger partial charge in [-0.25, -0.2) is 4.98 Å². The molecule has 5 heteroatoms. The molecule has 0 saturated heterocycles. The Morgan fingerprint density at radius 1 is 0.472 bits per heavy atom. The molecular formula is C31H18ClN3O. The Labute approximate surface area is 211 Å². The van der Waals surface area contributed by atoms with E-state index in [9.17, 15) is 0 Å². The summed E-state index contributed by atoms with van der Waals surface area (Å²) < 4.78 is 6.33. The molecule has 2 aromatic heterocycles. The number of nitrogens with zero attached hydrogens (tertiary/aromatic N) is 3. The van der Waals surface area contributed by atoms with E-state index >= 15 is 0 Å². The zero-order valence-electron chi connectivity index (χ0n) is 19.0. The molecule has 7 aromatic rings. The van der Waals surface area contributed by atoms with E-state index in [2.05, 4.69) is 58.5 Å². The molecule has 0 aliphatic rings. The van der Waals surface area contributed by atoms with Crippen LogP contribution >= 0.6 is 11.6 Å². The minimum absolute atomic E-state index is 0.166. The van der Waals surface area contributed by atoms with Gasteiger partial charge < -0.3 is 4.42 Å². The van der Waals surface area contributed by atoms with Crippen molar-refractivity contribution in [2.75, 3.05) is 0 Å². The van der Waals surface area contributed by atoms with Crippen LogP contribution in [0.25, 0.3) is 66.6 Å². The minimum Gasteiger partial charge on any atom is -0.455 e. The van der Waals surface area contributed by atoms with Crippen LogP contribution in [0.15, 0.2) is 114 Å². The van der Waals surface area contributed by atoms with E-state index in [-0.39, 0.29) is 5.28 Å². The molecule has 7 rings (SSSR count). The Balaban J connectivity index is 1.46. The lowest BCUT2D eigenvalue weighted by atomic mass is 9.93. The zero-order chi connectivity index (χ0) is 24.1. The normalized spacial score (nSPS) is 11.5. The van der Waals surface area contributed by atoms with E-state index in [1.807, 2.05) is 60.7 Å². The first-order valence-corrected chi connectivity index (χ1v) is 12.0. The van der Waals surface area contributed by atoms with E-state index in [1.165, 1.54) is 0 Å². The first kappa shape index (κ1) is 20.8. The van der Waals surface area contributed by atoms with Gasteiger partial charge in [-0.1, -0.05) is 97.1 Å². The van der Waals surface area contributed by atoms with Gasteiger partial charge in [0.05, 0.1) is 0 Å². The molecule has 0 bridgehead atoms. The van der Waals surface area contributed by atoms with Crippen LogP contribution in [0, 0.1) is 0 Å². The number of benzene rings is 5. The van der Waals surface area contributed by atoms with Gasteiger partial charge >= 0.3 is 0 Å². The molecule has 0 radical (unpaired) electrons. The molecule has 0 spiro atoms. The van der Waals surface area contributed by atoms with Gasteiger partial charge in [-0.3, -0.25) is 0 Å². The molecule has 0 N–H and O–H groups in total. The predicted molar refractivity (Wildman–Crippen MR) is 146 cm³/mol. The lowest BCUT2D eigenvalue weighted by molar-refractivity contribution is 0.670. The Hall–Kier alpha value is -4.54. The maximum Gasteiger partial charge on any atom is 0.226 e. The molecule has 0 atom stereocenters. The van der Waals surface area contributed by atoms with Crippen molar-refractivity contribution < 1.29 is 4.42 Å². The number of fused-ring (bicyclic) bond motifs is 4. The largest absolute Gasteiger partial charge is 0.455 e. The van der Waals surface area contributed by atoms with Gasteiger partial charge in [-0.05, 0) is 40.1 Å². The van der Waals surface area contributed by atoms with Crippen molar-refractivity contribution in [3.8, 4) is 33.9 Å². The molecule has 2 heterocycles. The monoisotopic (exact) mass is 483 g/mol. The fraction of sp³-hybridized carbons (Fsp3) is 0. The van der Waals surface area contributed by atoms with Crippen molar-refractivity contribution in [3.63, 3.8) is 0 Å². The summed E-state index contributed by atoms with van der Waals surface area (Å²) in [6.45, 7) is 0. The molecule has 0 aliphatic heterocycles. The molecule has 170 valence electrons. The second-order valence-electron chi connectivity index (χ2n) is 8.60. The van der Waals surface area contributed by atoms with E-state index in [1.54, 1.807) is 0 Å². The topological polar surface area (TPSA) is 51.8 Å². The molecule has 36 heavy (non-hydrogen) atoms. The quantitative estimate of drug-likeness (QED) is 0.252. The van der Waals surface area contributed by atoms with Crippen molar-refractivity contribution >= 4 is 44.3 Å². The number of halogens is 1. The molecule has 0 saturated carbocycles. The number of aromatic nitrogens is 3. The number of para-hydroxylation sites is 2. The van der Waals surface area contributed by atoms with Gasteiger partial charge in [0, 0.05) is 27.5 Å².